The second kappa shape index (κ2) is 9.36. The Labute approximate surface area is 148 Å². The fraction of sp³-hybridized carbons (Fsp3) is 0.455. The van der Waals surface area contributed by atoms with Gasteiger partial charge in [-0.1, -0.05) is 24.3 Å². The van der Waals surface area contributed by atoms with Crippen LogP contribution in [0.2, 0.25) is 0 Å². The van der Waals surface area contributed by atoms with E-state index in [4.69, 9.17) is 0 Å². The Bertz CT molecular complexity index is 523. The standard InChI is InChI=1S/C22H32N2/c1-5-23(6-2)21-15-11-19(12-16-21)9-10-20-13-17-22(18-14-20)24(7-3)8-4/h11-18H,5-10H2,1-4H3. The molecule has 0 aliphatic rings. The van der Waals surface area contributed by atoms with Crippen molar-refractivity contribution in [3.63, 3.8) is 0 Å². The van der Waals surface area contributed by atoms with Crippen molar-refractivity contribution in [2.24, 2.45) is 0 Å². The summed E-state index contributed by atoms with van der Waals surface area (Å²) in [4.78, 5) is 4.77. The number of hydrogen-bond acceptors (Lipinski definition) is 2. The van der Waals surface area contributed by atoms with Gasteiger partial charge in [-0.3, -0.25) is 0 Å². The van der Waals surface area contributed by atoms with E-state index >= 15 is 0 Å². The van der Waals surface area contributed by atoms with Crippen molar-refractivity contribution in [3.05, 3.63) is 59.7 Å². The lowest BCUT2D eigenvalue weighted by Crippen LogP contribution is -2.21. The van der Waals surface area contributed by atoms with Gasteiger partial charge in [-0.2, -0.15) is 0 Å². The molecule has 0 fully saturated rings. The maximum atomic E-state index is 2.38. The Morgan fingerprint density at radius 2 is 0.792 bits per heavy atom. The summed E-state index contributed by atoms with van der Waals surface area (Å²) >= 11 is 0. The number of nitrogens with zero attached hydrogens (tertiary/aromatic N) is 2. The minimum Gasteiger partial charge on any atom is -0.372 e. The molecular formula is C22H32N2. The molecule has 0 bridgehead atoms. The third-order valence-electron chi connectivity index (χ3n) is 4.83. The van der Waals surface area contributed by atoms with Crippen LogP contribution in [0, 0.1) is 0 Å². The van der Waals surface area contributed by atoms with Crippen molar-refractivity contribution in [2.45, 2.75) is 40.5 Å². The van der Waals surface area contributed by atoms with Gasteiger partial charge in [0, 0.05) is 37.6 Å². The van der Waals surface area contributed by atoms with Crippen LogP contribution in [-0.4, -0.2) is 26.2 Å². The van der Waals surface area contributed by atoms with Gasteiger partial charge in [0.25, 0.3) is 0 Å². The van der Waals surface area contributed by atoms with E-state index in [2.05, 4.69) is 86.0 Å². The van der Waals surface area contributed by atoms with Gasteiger partial charge in [0.15, 0.2) is 0 Å². The van der Waals surface area contributed by atoms with Crippen LogP contribution in [0.25, 0.3) is 0 Å². The molecule has 0 unspecified atom stereocenters. The quantitative estimate of drug-likeness (QED) is 0.628. The van der Waals surface area contributed by atoms with Crippen LogP contribution in [0.1, 0.15) is 38.8 Å². The fourth-order valence-electron chi connectivity index (χ4n) is 3.21. The lowest BCUT2D eigenvalue weighted by Gasteiger charge is -2.21. The second-order valence-corrected chi connectivity index (χ2v) is 6.18. The highest BCUT2D eigenvalue weighted by molar-refractivity contribution is 5.48. The Morgan fingerprint density at radius 1 is 0.500 bits per heavy atom. The molecule has 0 atom stereocenters. The molecule has 24 heavy (non-hydrogen) atoms. The Morgan fingerprint density at radius 3 is 1.04 bits per heavy atom. The first kappa shape index (κ1) is 18.4. The highest BCUT2D eigenvalue weighted by Crippen LogP contribution is 2.18. The SMILES string of the molecule is CCN(CC)c1ccc(CCc2ccc(N(CC)CC)cc2)cc1. The molecule has 0 amide bonds. The first-order valence-electron chi connectivity index (χ1n) is 9.39. The van der Waals surface area contributed by atoms with Crippen molar-refractivity contribution >= 4 is 11.4 Å². The zero-order valence-corrected chi connectivity index (χ0v) is 15.8. The van der Waals surface area contributed by atoms with Gasteiger partial charge >= 0.3 is 0 Å². The molecule has 0 saturated carbocycles. The van der Waals surface area contributed by atoms with E-state index in [0.29, 0.717) is 0 Å². The normalized spacial score (nSPS) is 10.7. The zero-order valence-electron chi connectivity index (χ0n) is 15.8. The van der Waals surface area contributed by atoms with Gasteiger partial charge in [0.2, 0.25) is 0 Å². The third-order valence-corrected chi connectivity index (χ3v) is 4.83. The van der Waals surface area contributed by atoms with Crippen molar-refractivity contribution in [1.82, 2.24) is 0 Å². The Hall–Kier alpha value is -1.96. The van der Waals surface area contributed by atoms with Gasteiger partial charge in [-0.25, -0.2) is 0 Å². The molecule has 0 heterocycles. The van der Waals surface area contributed by atoms with Crippen LogP contribution >= 0.6 is 0 Å². The van der Waals surface area contributed by atoms with Crippen LogP contribution in [0.3, 0.4) is 0 Å². The topological polar surface area (TPSA) is 6.48 Å². The van der Waals surface area contributed by atoms with Crippen molar-refractivity contribution in [2.75, 3.05) is 36.0 Å². The number of anilines is 2. The molecule has 2 heteroatoms. The minimum absolute atomic E-state index is 1.06. The summed E-state index contributed by atoms with van der Waals surface area (Å²) in [5.41, 5.74) is 5.48. The summed E-state index contributed by atoms with van der Waals surface area (Å²) in [5.74, 6) is 0. The van der Waals surface area contributed by atoms with E-state index in [0.717, 1.165) is 39.0 Å². The summed E-state index contributed by atoms with van der Waals surface area (Å²) in [6, 6.07) is 18.1. The van der Waals surface area contributed by atoms with E-state index in [1.807, 2.05) is 0 Å². The average Bonchev–Trinajstić information content (AvgIpc) is 2.64. The first-order valence-corrected chi connectivity index (χ1v) is 9.39. The van der Waals surface area contributed by atoms with Gasteiger partial charge in [-0.05, 0) is 75.9 Å². The maximum Gasteiger partial charge on any atom is 0.0366 e. The molecular weight excluding hydrogens is 292 g/mol. The lowest BCUT2D eigenvalue weighted by atomic mass is 10.0. The van der Waals surface area contributed by atoms with E-state index < -0.39 is 0 Å². The van der Waals surface area contributed by atoms with Gasteiger partial charge in [0.05, 0.1) is 0 Å². The van der Waals surface area contributed by atoms with E-state index in [9.17, 15) is 0 Å². The fourth-order valence-corrected chi connectivity index (χ4v) is 3.21. The van der Waals surface area contributed by atoms with Crippen molar-refractivity contribution in [3.8, 4) is 0 Å². The highest BCUT2D eigenvalue weighted by Gasteiger charge is 2.03. The summed E-state index contributed by atoms with van der Waals surface area (Å²) in [7, 11) is 0. The van der Waals surface area contributed by atoms with Crippen LogP contribution in [0.15, 0.2) is 48.5 Å². The lowest BCUT2D eigenvalue weighted by molar-refractivity contribution is 0.863. The molecule has 0 aromatic heterocycles. The van der Waals surface area contributed by atoms with Gasteiger partial charge < -0.3 is 9.80 Å². The van der Waals surface area contributed by atoms with Crippen LogP contribution < -0.4 is 9.80 Å². The predicted molar refractivity (Wildman–Crippen MR) is 107 cm³/mol. The van der Waals surface area contributed by atoms with Crippen molar-refractivity contribution in [1.29, 1.82) is 0 Å². The smallest absolute Gasteiger partial charge is 0.0366 e. The molecule has 0 aliphatic heterocycles. The summed E-state index contributed by atoms with van der Waals surface area (Å²) < 4.78 is 0. The summed E-state index contributed by atoms with van der Waals surface area (Å²) in [6.45, 7) is 13.1. The monoisotopic (exact) mass is 324 g/mol. The zero-order chi connectivity index (χ0) is 17.4. The predicted octanol–water partition coefficient (Wildman–Crippen LogP) is 5.16. The van der Waals surface area contributed by atoms with Crippen LogP contribution in [-0.2, 0) is 12.8 Å². The van der Waals surface area contributed by atoms with Crippen LogP contribution in [0.4, 0.5) is 11.4 Å². The van der Waals surface area contributed by atoms with E-state index in [1.54, 1.807) is 0 Å². The summed E-state index contributed by atoms with van der Waals surface area (Å²) in [6.07, 6.45) is 2.20. The average molecular weight is 325 g/mol. The molecule has 0 N–H and O–H groups in total. The maximum absolute atomic E-state index is 2.38. The van der Waals surface area contributed by atoms with E-state index in [-0.39, 0.29) is 0 Å². The number of benzene rings is 2. The number of rotatable bonds is 9. The van der Waals surface area contributed by atoms with Gasteiger partial charge in [-0.15, -0.1) is 0 Å². The number of aryl methyl sites for hydroxylation is 2. The molecule has 0 spiro atoms. The molecule has 2 nitrogen and oxygen atoms in total. The first-order chi connectivity index (χ1) is 11.7. The highest BCUT2D eigenvalue weighted by atomic mass is 15.1. The molecule has 0 aliphatic carbocycles. The third kappa shape index (κ3) is 4.77. The second-order valence-electron chi connectivity index (χ2n) is 6.18. The van der Waals surface area contributed by atoms with Crippen molar-refractivity contribution < 1.29 is 0 Å². The Kier molecular flexibility index (Phi) is 7.17. The van der Waals surface area contributed by atoms with Gasteiger partial charge in [0.1, 0.15) is 0 Å². The van der Waals surface area contributed by atoms with E-state index in [1.165, 1.54) is 22.5 Å². The molecule has 0 saturated heterocycles. The largest absolute Gasteiger partial charge is 0.372 e. The minimum atomic E-state index is 1.06. The molecule has 0 radical (unpaired) electrons. The molecule has 2 rings (SSSR count). The van der Waals surface area contributed by atoms with Crippen LogP contribution in [0.5, 0.6) is 0 Å². The number of hydrogen-bond donors (Lipinski definition) is 0. The Balaban J connectivity index is 1.93. The molecule has 2 aromatic rings. The molecule has 130 valence electrons. The molecule has 2 aromatic carbocycles. The summed E-state index contributed by atoms with van der Waals surface area (Å²) in [5, 5.41) is 0.